The van der Waals surface area contributed by atoms with Crippen molar-refractivity contribution in [1.82, 2.24) is 20.4 Å². The Kier molecular flexibility index (Phi) is 5.87. The molecule has 0 aliphatic carbocycles. The van der Waals surface area contributed by atoms with Crippen molar-refractivity contribution in [2.45, 2.75) is 0 Å². The fraction of sp³-hybridized carbons (Fsp3) is 0.136. The first kappa shape index (κ1) is 18.9. The average Bonchev–Trinajstić information content (AvgIpc) is 3.22. The molecule has 28 heavy (non-hydrogen) atoms. The Hall–Kier alpha value is -3.85. The van der Waals surface area contributed by atoms with Crippen LogP contribution in [-0.2, 0) is 0 Å². The molecule has 0 aliphatic rings. The molecule has 140 valence electrons. The number of H-pyrrole nitrogens is 1. The van der Waals surface area contributed by atoms with Crippen LogP contribution in [0.1, 0.15) is 26.4 Å². The van der Waals surface area contributed by atoms with Gasteiger partial charge in [0.15, 0.2) is 0 Å². The van der Waals surface area contributed by atoms with Gasteiger partial charge in [-0.25, -0.2) is 0 Å². The lowest BCUT2D eigenvalue weighted by Gasteiger charge is -2.09. The number of benzene rings is 2. The standard InChI is InChI=1S/C22H20N4O2/c1-26(2)22(28)18-12-10-16(11-13-18)7-6-14-23-21(27)20-15-19(24-25-20)17-8-4-3-5-9-17/h3-5,8-13,15H,14H2,1-2H3,(H,23,27)(H,24,25). The zero-order chi connectivity index (χ0) is 19.9. The third kappa shape index (κ3) is 4.65. The fourth-order valence-electron chi connectivity index (χ4n) is 2.52. The Morgan fingerprint density at radius 2 is 1.79 bits per heavy atom. The largest absolute Gasteiger partial charge is 0.345 e. The molecule has 3 rings (SSSR count). The molecule has 0 saturated heterocycles. The Labute approximate surface area is 163 Å². The Bertz CT molecular complexity index is 1030. The van der Waals surface area contributed by atoms with Gasteiger partial charge in [0.1, 0.15) is 5.69 Å². The second-order valence-electron chi connectivity index (χ2n) is 6.29. The zero-order valence-electron chi connectivity index (χ0n) is 15.7. The summed E-state index contributed by atoms with van der Waals surface area (Å²) in [6.45, 7) is 0.205. The Balaban J connectivity index is 1.55. The van der Waals surface area contributed by atoms with Crippen LogP contribution in [0.2, 0.25) is 0 Å². The van der Waals surface area contributed by atoms with Crippen LogP contribution in [0.4, 0.5) is 0 Å². The molecule has 0 spiro atoms. The molecule has 2 aromatic carbocycles. The Morgan fingerprint density at radius 3 is 2.46 bits per heavy atom. The van der Waals surface area contributed by atoms with Crippen LogP contribution in [0.25, 0.3) is 11.3 Å². The predicted octanol–water partition coefficient (Wildman–Crippen LogP) is 2.56. The van der Waals surface area contributed by atoms with Gasteiger partial charge in [0.2, 0.25) is 0 Å². The van der Waals surface area contributed by atoms with Crippen LogP contribution in [0.15, 0.2) is 60.7 Å². The van der Waals surface area contributed by atoms with E-state index in [0.717, 1.165) is 11.1 Å². The SMILES string of the molecule is CN(C)C(=O)c1ccc(C#CCNC(=O)c2cc(-c3ccccc3)n[nH]2)cc1. The monoisotopic (exact) mass is 372 g/mol. The van der Waals surface area contributed by atoms with Gasteiger partial charge in [-0.15, -0.1) is 0 Å². The highest BCUT2D eigenvalue weighted by molar-refractivity contribution is 5.94. The van der Waals surface area contributed by atoms with Crippen LogP contribution >= 0.6 is 0 Å². The minimum Gasteiger partial charge on any atom is -0.345 e. The maximum absolute atomic E-state index is 12.2. The molecule has 0 atom stereocenters. The van der Waals surface area contributed by atoms with Gasteiger partial charge in [-0.05, 0) is 30.3 Å². The lowest BCUT2D eigenvalue weighted by atomic mass is 10.1. The molecule has 0 fully saturated rings. The minimum absolute atomic E-state index is 0.0544. The summed E-state index contributed by atoms with van der Waals surface area (Å²) in [5.41, 5.74) is 3.42. The molecule has 6 nitrogen and oxygen atoms in total. The van der Waals surface area contributed by atoms with Crippen molar-refractivity contribution in [1.29, 1.82) is 0 Å². The molecule has 0 unspecified atom stereocenters. The summed E-state index contributed by atoms with van der Waals surface area (Å²) in [7, 11) is 3.42. The van der Waals surface area contributed by atoms with Gasteiger partial charge in [-0.1, -0.05) is 42.2 Å². The highest BCUT2D eigenvalue weighted by Crippen LogP contribution is 2.16. The van der Waals surface area contributed by atoms with Gasteiger partial charge in [-0.3, -0.25) is 14.7 Å². The zero-order valence-corrected chi connectivity index (χ0v) is 15.7. The van der Waals surface area contributed by atoms with E-state index in [1.165, 1.54) is 4.90 Å². The van der Waals surface area contributed by atoms with Crippen molar-refractivity contribution >= 4 is 11.8 Å². The van der Waals surface area contributed by atoms with Crippen molar-refractivity contribution in [3.05, 3.63) is 77.5 Å². The van der Waals surface area contributed by atoms with Gasteiger partial charge in [-0.2, -0.15) is 5.10 Å². The molecular formula is C22H20N4O2. The quantitative estimate of drug-likeness (QED) is 0.691. The van der Waals surface area contributed by atoms with Gasteiger partial charge >= 0.3 is 0 Å². The summed E-state index contributed by atoms with van der Waals surface area (Å²) in [6, 6.07) is 18.4. The van der Waals surface area contributed by atoms with Crippen LogP contribution in [0.5, 0.6) is 0 Å². The molecule has 0 bridgehead atoms. The first-order valence-electron chi connectivity index (χ1n) is 8.74. The predicted molar refractivity (Wildman–Crippen MR) is 108 cm³/mol. The summed E-state index contributed by atoms with van der Waals surface area (Å²) >= 11 is 0. The van der Waals surface area contributed by atoms with Gasteiger partial charge < -0.3 is 10.2 Å². The number of aromatic amines is 1. The number of hydrogen-bond acceptors (Lipinski definition) is 3. The third-order valence-corrected chi connectivity index (χ3v) is 4.00. The topological polar surface area (TPSA) is 78.1 Å². The smallest absolute Gasteiger partial charge is 0.270 e. The van der Waals surface area contributed by atoms with E-state index in [0.29, 0.717) is 17.0 Å². The number of rotatable bonds is 4. The molecule has 0 radical (unpaired) electrons. The number of nitrogens with zero attached hydrogens (tertiary/aromatic N) is 2. The number of carbonyl (C=O) groups is 2. The lowest BCUT2D eigenvalue weighted by molar-refractivity contribution is 0.0827. The van der Waals surface area contributed by atoms with E-state index in [1.54, 1.807) is 44.4 Å². The summed E-state index contributed by atoms with van der Waals surface area (Å²) in [5.74, 6) is 5.54. The molecule has 2 amide bonds. The van der Waals surface area contributed by atoms with Crippen molar-refractivity contribution in [3.63, 3.8) is 0 Å². The van der Waals surface area contributed by atoms with Gasteiger partial charge in [0.25, 0.3) is 11.8 Å². The summed E-state index contributed by atoms with van der Waals surface area (Å²) < 4.78 is 0. The summed E-state index contributed by atoms with van der Waals surface area (Å²) in [4.78, 5) is 25.6. The van der Waals surface area contributed by atoms with Crippen molar-refractivity contribution in [2.75, 3.05) is 20.6 Å². The molecule has 0 saturated carbocycles. The number of amides is 2. The van der Waals surface area contributed by atoms with E-state index in [1.807, 2.05) is 30.3 Å². The van der Waals surface area contributed by atoms with Crippen LogP contribution in [-0.4, -0.2) is 47.6 Å². The second-order valence-corrected chi connectivity index (χ2v) is 6.29. The molecule has 6 heteroatoms. The van der Waals surface area contributed by atoms with E-state index in [9.17, 15) is 9.59 Å². The van der Waals surface area contributed by atoms with Crippen molar-refractivity contribution in [3.8, 4) is 23.1 Å². The molecule has 0 aliphatic heterocycles. The van der Waals surface area contributed by atoms with E-state index in [-0.39, 0.29) is 18.4 Å². The summed E-state index contributed by atoms with van der Waals surface area (Å²) in [5, 5.41) is 9.64. The van der Waals surface area contributed by atoms with E-state index >= 15 is 0 Å². The normalized spacial score (nSPS) is 9.93. The van der Waals surface area contributed by atoms with Crippen LogP contribution < -0.4 is 5.32 Å². The van der Waals surface area contributed by atoms with E-state index in [2.05, 4.69) is 27.4 Å². The maximum atomic E-state index is 12.2. The first-order valence-corrected chi connectivity index (χ1v) is 8.74. The minimum atomic E-state index is -0.268. The van der Waals surface area contributed by atoms with Gasteiger partial charge in [0.05, 0.1) is 12.2 Å². The third-order valence-electron chi connectivity index (χ3n) is 4.00. The van der Waals surface area contributed by atoms with Gasteiger partial charge in [0, 0.05) is 30.8 Å². The molecule has 2 N–H and O–H groups in total. The number of hydrogen-bond donors (Lipinski definition) is 2. The molecule has 1 aromatic heterocycles. The number of carbonyl (C=O) groups excluding carboxylic acids is 2. The highest BCUT2D eigenvalue weighted by atomic mass is 16.2. The van der Waals surface area contributed by atoms with E-state index in [4.69, 9.17) is 0 Å². The van der Waals surface area contributed by atoms with E-state index < -0.39 is 0 Å². The first-order chi connectivity index (χ1) is 13.5. The van der Waals surface area contributed by atoms with Crippen LogP contribution in [0, 0.1) is 11.8 Å². The number of nitrogens with one attached hydrogen (secondary N) is 2. The molecular weight excluding hydrogens is 352 g/mol. The van der Waals surface area contributed by atoms with Crippen molar-refractivity contribution < 1.29 is 9.59 Å². The fourth-order valence-corrected chi connectivity index (χ4v) is 2.52. The average molecular weight is 372 g/mol. The number of aromatic nitrogens is 2. The Morgan fingerprint density at radius 1 is 1.07 bits per heavy atom. The highest BCUT2D eigenvalue weighted by Gasteiger charge is 2.10. The molecule has 1 heterocycles. The lowest BCUT2D eigenvalue weighted by Crippen LogP contribution is -2.23. The summed E-state index contributed by atoms with van der Waals surface area (Å²) in [6.07, 6.45) is 0. The maximum Gasteiger partial charge on any atom is 0.270 e. The second kappa shape index (κ2) is 8.69. The van der Waals surface area contributed by atoms with Crippen molar-refractivity contribution in [2.24, 2.45) is 0 Å². The molecule has 3 aromatic rings. The van der Waals surface area contributed by atoms with Crippen LogP contribution in [0.3, 0.4) is 0 Å².